The average molecular weight is 716 g/mol. The molecule has 0 spiro atoms. The molecule has 0 aliphatic heterocycles. The number of hydrogen-bond donors (Lipinski definition) is 0. The van der Waals surface area contributed by atoms with Gasteiger partial charge in [-0.05, 0) is 87.0 Å². The first-order valence-electron chi connectivity index (χ1n) is 19.1. The zero-order chi connectivity index (χ0) is 37.4. The number of rotatable bonds is 5. The van der Waals surface area contributed by atoms with Crippen LogP contribution < -0.4 is 0 Å². The highest BCUT2D eigenvalue weighted by Crippen LogP contribution is 2.38. The van der Waals surface area contributed by atoms with Gasteiger partial charge in [0.2, 0.25) is 0 Å². The highest BCUT2D eigenvalue weighted by Gasteiger charge is 2.20. The minimum absolute atomic E-state index is 0.688. The van der Waals surface area contributed by atoms with Crippen molar-refractivity contribution in [2.24, 2.45) is 0 Å². The van der Waals surface area contributed by atoms with Crippen molar-refractivity contribution in [3.8, 4) is 50.6 Å². The third-order valence-electron chi connectivity index (χ3n) is 10.8. The lowest BCUT2D eigenvalue weighted by molar-refractivity contribution is 1.08. The van der Waals surface area contributed by atoms with Crippen LogP contribution in [0.25, 0.3) is 89.2 Å². The summed E-state index contributed by atoms with van der Waals surface area (Å²) in [5.74, 6) is 0.688. The molecule has 0 bridgehead atoms. The molecule has 0 radical (unpaired) electrons. The van der Waals surface area contributed by atoms with E-state index in [4.69, 9.17) is 9.97 Å². The van der Waals surface area contributed by atoms with Crippen LogP contribution in [0.3, 0.4) is 0 Å². The minimum Gasteiger partial charge on any atom is -0.310 e. The zero-order valence-electron chi connectivity index (χ0n) is 30.8. The Morgan fingerprint density at radius 2 is 1.20 bits per heavy atom. The van der Waals surface area contributed by atoms with Gasteiger partial charge in [0.1, 0.15) is 0 Å². The third-order valence-corrected chi connectivity index (χ3v) is 10.8. The summed E-state index contributed by atoms with van der Waals surface area (Å²) in [6.07, 6.45) is 13.6. The maximum absolute atomic E-state index is 5.34. The van der Waals surface area contributed by atoms with Gasteiger partial charge in [-0.15, -0.1) is 0 Å². The monoisotopic (exact) mass is 715 g/mol. The van der Waals surface area contributed by atoms with Gasteiger partial charge in [0.25, 0.3) is 0 Å². The van der Waals surface area contributed by atoms with Gasteiger partial charge < -0.3 is 4.57 Å². The van der Waals surface area contributed by atoms with Crippen molar-refractivity contribution in [2.45, 2.75) is 6.42 Å². The lowest BCUT2D eigenvalue weighted by Gasteiger charge is -2.14. The highest BCUT2D eigenvalue weighted by molar-refractivity contribution is 6.10. The van der Waals surface area contributed by atoms with E-state index in [1.807, 2.05) is 12.1 Å². The fourth-order valence-corrected chi connectivity index (χ4v) is 8.04. The van der Waals surface area contributed by atoms with Crippen molar-refractivity contribution in [1.29, 1.82) is 0 Å². The summed E-state index contributed by atoms with van der Waals surface area (Å²) in [5.41, 5.74) is 14.1. The first kappa shape index (κ1) is 33.2. The van der Waals surface area contributed by atoms with Crippen LogP contribution in [-0.4, -0.2) is 14.5 Å². The Labute approximate surface area is 326 Å². The Morgan fingerprint density at radius 1 is 0.500 bits per heavy atom. The maximum atomic E-state index is 5.34. The van der Waals surface area contributed by atoms with Crippen LogP contribution >= 0.6 is 0 Å². The van der Waals surface area contributed by atoms with Crippen molar-refractivity contribution in [1.82, 2.24) is 14.5 Å². The molecule has 9 aromatic rings. The second-order valence-electron chi connectivity index (χ2n) is 14.3. The topological polar surface area (TPSA) is 30.7 Å². The molecule has 10 rings (SSSR count). The van der Waals surface area contributed by atoms with Crippen LogP contribution in [0.5, 0.6) is 0 Å². The molecule has 0 fully saturated rings. The van der Waals surface area contributed by atoms with E-state index in [1.54, 1.807) is 0 Å². The average Bonchev–Trinajstić information content (AvgIpc) is 3.59. The van der Waals surface area contributed by atoms with Gasteiger partial charge in [-0.25, -0.2) is 9.97 Å². The number of allylic oxidation sites excluding steroid dienone is 6. The second-order valence-corrected chi connectivity index (χ2v) is 14.3. The summed E-state index contributed by atoms with van der Waals surface area (Å²) < 4.78 is 2.39. The van der Waals surface area contributed by atoms with E-state index in [0.29, 0.717) is 5.82 Å². The van der Waals surface area contributed by atoms with Crippen LogP contribution in [-0.2, 0) is 6.42 Å². The number of para-hydroxylation sites is 1. The molecular formula is C53H37N3. The smallest absolute Gasteiger partial charge is 0.160 e. The molecule has 1 aliphatic carbocycles. The van der Waals surface area contributed by atoms with Crippen molar-refractivity contribution in [3.63, 3.8) is 0 Å². The second kappa shape index (κ2) is 14.1. The lowest BCUT2D eigenvalue weighted by Crippen LogP contribution is -2.00. The van der Waals surface area contributed by atoms with E-state index in [0.717, 1.165) is 67.7 Å². The van der Waals surface area contributed by atoms with Gasteiger partial charge >= 0.3 is 0 Å². The van der Waals surface area contributed by atoms with Crippen LogP contribution in [0.4, 0.5) is 0 Å². The van der Waals surface area contributed by atoms with Crippen LogP contribution in [0, 0.1) is 0 Å². The van der Waals surface area contributed by atoms with Crippen molar-refractivity contribution in [2.75, 3.05) is 0 Å². The van der Waals surface area contributed by atoms with Gasteiger partial charge in [-0.1, -0.05) is 170 Å². The summed E-state index contributed by atoms with van der Waals surface area (Å²) in [4.78, 5) is 10.5. The predicted octanol–water partition coefficient (Wildman–Crippen LogP) is 13.6. The first-order chi connectivity index (χ1) is 27.7. The molecule has 3 heteroatoms. The van der Waals surface area contributed by atoms with Crippen LogP contribution in [0.2, 0.25) is 0 Å². The van der Waals surface area contributed by atoms with E-state index in [1.165, 1.54) is 32.8 Å². The van der Waals surface area contributed by atoms with Crippen molar-refractivity contribution < 1.29 is 0 Å². The summed E-state index contributed by atoms with van der Waals surface area (Å²) in [6, 6.07) is 58.1. The van der Waals surface area contributed by atoms with Crippen LogP contribution in [0.1, 0.15) is 11.3 Å². The summed E-state index contributed by atoms with van der Waals surface area (Å²) in [6.45, 7) is 4.28. The quantitative estimate of drug-likeness (QED) is 0.178. The fraction of sp³-hybridized carbons (Fsp3) is 0.0189. The van der Waals surface area contributed by atoms with E-state index < -0.39 is 0 Å². The molecule has 0 saturated carbocycles. The predicted molar refractivity (Wildman–Crippen MR) is 236 cm³/mol. The number of benzene rings is 7. The molecule has 264 valence electrons. The van der Waals surface area contributed by atoms with Gasteiger partial charge in [-0.2, -0.15) is 0 Å². The van der Waals surface area contributed by atoms with Gasteiger partial charge in [0.15, 0.2) is 5.82 Å². The fourth-order valence-electron chi connectivity index (χ4n) is 8.04. The van der Waals surface area contributed by atoms with E-state index >= 15 is 0 Å². The summed E-state index contributed by atoms with van der Waals surface area (Å²) >= 11 is 0. The first-order valence-corrected chi connectivity index (χ1v) is 19.1. The Morgan fingerprint density at radius 3 is 2.07 bits per heavy atom. The molecule has 0 atom stereocenters. The SMILES string of the molecule is C=C1C=Cc2c(c3c4ccccc4ccc3n2-c2cccc(-c3nc(-c4cccc(-c5ccc(-c6ccccc6)cc5)c4)c4ccccc4n3)c2)C/C=C\C=C/1. The Balaban J connectivity index is 1.11. The maximum Gasteiger partial charge on any atom is 0.160 e. The van der Waals surface area contributed by atoms with Crippen molar-refractivity contribution in [3.05, 3.63) is 218 Å². The van der Waals surface area contributed by atoms with Gasteiger partial charge in [-0.3, -0.25) is 0 Å². The largest absolute Gasteiger partial charge is 0.310 e. The molecule has 0 saturated heterocycles. The van der Waals surface area contributed by atoms with E-state index in [9.17, 15) is 0 Å². The number of nitrogens with zero attached hydrogens (tertiary/aromatic N) is 3. The third kappa shape index (κ3) is 6.06. The van der Waals surface area contributed by atoms with E-state index in [2.05, 4.69) is 199 Å². The zero-order valence-corrected chi connectivity index (χ0v) is 30.8. The molecule has 2 aromatic heterocycles. The minimum atomic E-state index is 0.688. The molecule has 2 heterocycles. The van der Waals surface area contributed by atoms with Crippen molar-refractivity contribution >= 4 is 38.7 Å². The molecule has 0 N–H and O–H groups in total. The van der Waals surface area contributed by atoms with E-state index in [-0.39, 0.29) is 0 Å². The molecule has 0 unspecified atom stereocenters. The van der Waals surface area contributed by atoms with Crippen LogP contribution in [0.15, 0.2) is 206 Å². The molecule has 1 aliphatic rings. The Bertz CT molecular complexity index is 3050. The molecular weight excluding hydrogens is 679 g/mol. The van der Waals surface area contributed by atoms with Gasteiger partial charge in [0, 0.05) is 27.6 Å². The molecule has 0 amide bonds. The molecule has 3 nitrogen and oxygen atoms in total. The molecule has 56 heavy (non-hydrogen) atoms. The number of fused-ring (bicyclic) bond motifs is 6. The summed E-state index contributed by atoms with van der Waals surface area (Å²) in [5, 5.41) is 4.77. The highest BCUT2D eigenvalue weighted by atomic mass is 15.0. The Kier molecular flexibility index (Phi) is 8.38. The van der Waals surface area contributed by atoms with Gasteiger partial charge in [0.05, 0.1) is 22.4 Å². The molecule has 7 aromatic carbocycles. The Hall–Kier alpha value is -7.36. The normalized spacial score (nSPS) is 13.9. The number of hydrogen-bond acceptors (Lipinski definition) is 2. The lowest BCUT2D eigenvalue weighted by atomic mass is 9.97. The summed E-state index contributed by atoms with van der Waals surface area (Å²) in [7, 11) is 0. The number of aromatic nitrogens is 3. The standard InChI is InChI=1S/C53H37N3/c1-36-14-4-2-7-24-47-49(32-26-36)56(50-33-31-40-17-8-9-22-45(40)51(47)50)44-21-13-20-43(35-44)53-54-48-25-11-10-23-46(48)52(55-53)42-19-12-18-41(34-42)39-29-27-38(28-30-39)37-15-5-3-6-16-37/h2-23,25-35H,1,24H2/b7-2-,14-4-,32-26?.